The Labute approximate surface area is 116 Å². The summed E-state index contributed by atoms with van der Waals surface area (Å²) in [6.45, 7) is 0. The van der Waals surface area contributed by atoms with E-state index in [4.69, 9.17) is 5.73 Å². The number of ether oxygens (including phenoxy) is 1. The molecule has 104 valence electrons. The highest BCUT2D eigenvalue weighted by atomic mass is 16.5. The number of nitrogens with two attached hydrogens (primary N) is 1. The van der Waals surface area contributed by atoms with Crippen LogP contribution in [0.1, 0.15) is 10.5 Å². The van der Waals surface area contributed by atoms with Gasteiger partial charge >= 0.3 is 5.97 Å². The number of hydrogen-bond donors (Lipinski definition) is 3. The van der Waals surface area contributed by atoms with Gasteiger partial charge in [-0.25, -0.2) is 20.2 Å². The number of hydrogen-bond acceptors (Lipinski definition) is 7. The fourth-order valence-electron chi connectivity index (χ4n) is 1.69. The van der Waals surface area contributed by atoms with E-state index in [0.717, 1.165) is 11.3 Å². The number of nitrogens with zero attached hydrogens (tertiary/aromatic N) is 2. The van der Waals surface area contributed by atoms with Crippen molar-refractivity contribution in [2.24, 2.45) is 0 Å². The average molecular weight is 273 g/mol. The van der Waals surface area contributed by atoms with Crippen molar-refractivity contribution >= 4 is 17.5 Å². The van der Waals surface area contributed by atoms with Gasteiger partial charge in [-0.15, -0.1) is 0 Å². The molecule has 7 heteroatoms. The van der Waals surface area contributed by atoms with Gasteiger partial charge in [0.25, 0.3) is 0 Å². The average Bonchev–Trinajstić information content (AvgIpc) is 2.47. The number of hydrazine groups is 1. The topological polar surface area (TPSA) is 102 Å². The van der Waals surface area contributed by atoms with Crippen LogP contribution in [0.15, 0.2) is 30.5 Å². The highest BCUT2D eigenvalue weighted by Gasteiger charge is 2.14. The minimum absolute atomic E-state index is 0.0111. The molecule has 1 aromatic carbocycles. The van der Waals surface area contributed by atoms with Gasteiger partial charge in [0.2, 0.25) is 0 Å². The van der Waals surface area contributed by atoms with Gasteiger partial charge in [-0.1, -0.05) is 12.1 Å². The van der Waals surface area contributed by atoms with Crippen LogP contribution in [0.5, 0.6) is 0 Å². The summed E-state index contributed by atoms with van der Waals surface area (Å²) in [6.07, 6.45) is 1.51. The number of nitrogens with one attached hydrogen (secondary N) is 2. The van der Waals surface area contributed by atoms with E-state index < -0.39 is 5.97 Å². The lowest BCUT2D eigenvalue weighted by Gasteiger charge is -2.08. The van der Waals surface area contributed by atoms with E-state index in [0.29, 0.717) is 5.69 Å². The second-order valence-electron chi connectivity index (χ2n) is 3.94. The molecule has 2 rings (SSSR count). The van der Waals surface area contributed by atoms with Gasteiger partial charge in [-0.05, 0) is 12.1 Å². The van der Waals surface area contributed by atoms with Crippen LogP contribution in [0.3, 0.4) is 0 Å². The van der Waals surface area contributed by atoms with Crippen molar-refractivity contribution in [3.63, 3.8) is 0 Å². The first kappa shape index (κ1) is 13.8. The van der Waals surface area contributed by atoms with E-state index in [1.165, 1.54) is 13.3 Å². The Morgan fingerprint density at radius 3 is 2.90 bits per heavy atom. The monoisotopic (exact) mass is 273 g/mol. The van der Waals surface area contributed by atoms with Gasteiger partial charge < -0.3 is 15.9 Å². The molecule has 0 fully saturated rings. The first-order chi connectivity index (χ1) is 9.65. The molecular formula is C13H15N5O2. The molecule has 0 saturated carbocycles. The number of carbonyl (C=O) groups is 1. The van der Waals surface area contributed by atoms with Gasteiger partial charge in [0.15, 0.2) is 11.5 Å². The molecule has 20 heavy (non-hydrogen) atoms. The molecule has 0 aliphatic rings. The molecule has 0 aliphatic carbocycles. The van der Waals surface area contributed by atoms with Gasteiger partial charge in [0.1, 0.15) is 0 Å². The number of aromatic nitrogens is 2. The van der Waals surface area contributed by atoms with Crippen LogP contribution in [0.25, 0.3) is 11.3 Å². The summed E-state index contributed by atoms with van der Waals surface area (Å²) in [4.78, 5) is 19.7. The summed E-state index contributed by atoms with van der Waals surface area (Å²) in [5, 5.41) is 0. The zero-order valence-corrected chi connectivity index (χ0v) is 11.2. The van der Waals surface area contributed by atoms with Crippen molar-refractivity contribution in [2.45, 2.75) is 0 Å². The number of anilines is 2. The smallest absolute Gasteiger partial charge is 0.360 e. The summed E-state index contributed by atoms with van der Waals surface area (Å²) in [5.41, 5.74) is 13.6. The second kappa shape index (κ2) is 5.98. The fourth-order valence-corrected chi connectivity index (χ4v) is 1.69. The Hall–Kier alpha value is -2.67. The fraction of sp³-hybridized carbons (Fsp3) is 0.154. The minimum atomic E-state index is -0.610. The van der Waals surface area contributed by atoms with Crippen molar-refractivity contribution in [1.82, 2.24) is 15.4 Å². The van der Waals surface area contributed by atoms with E-state index in [9.17, 15) is 4.79 Å². The molecule has 7 nitrogen and oxygen atoms in total. The number of methoxy groups -OCH3 is 1. The van der Waals surface area contributed by atoms with Crippen LogP contribution < -0.4 is 16.6 Å². The summed E-state index contributed by atoms with van der Waals surface area (Å²) in [5.74, 6) is -0.563. The van der Waals surface area contributed by atoms with E-state index in [-0.39, 0.29) is 11.5 Å². The summed E-state index contributed by atoms with van der Waals surface area (Å²) < 4.78 is 4.63. The molecular weight excluding hydrogens is 258 g/mol. The van der Waals surface area contributed by atoms with Crippen LogP contribution in [-0.2, 0) is 4.74 Å². The Kier molecular flexibility index (Phi) is 4.11. The number of rotatable bonds is 4. The van der Waals surface area contributed by atoms with Crippen molar-refractivity contribution in [3.8, 4) is 11.3 Å². The molecule has 0 saturated heterocycles. The van der Waals surface area contributed by atoms with Crippen LogP contribution >= 0.6 is 0 Å². The lowest BCUT2D eigenvalue weighted by atomic mass is 10.1. The number of esters is 1. The van der Waals surface area contributed by atoms with Crippen LogP contribution in [0.4, 0.5) is 11.5 Å². The first-order valence-electron chi connectivity index (χ1n) is 5.89. The Morgan fingerprint density at radius 2 is 2.20 bits per heavy atom. The van der Waals surface area contributed by atoms with Gasteiger partial charge in [-0.2, -0.15) is 0 Å². The highest BCUT2D eigenvalue weighted by Crippen LogP contribution is 2.21. The second-order valence-corrected chi connectivity index (χ2v) is 3.94. The molecule has 0 bridgehead atoms. The van der Waals surface area contributed by atoms with Crippen molar-refractivity contribution < 1.29 is 9.53 Å². The summed E-state index contributed by atoms with van der Waals surface area (Å²) >= 11 is 0. The third-order valence-corrected chi connectivity index (χ3v) is 2.61. The number of benzene rings is 1. The highest BCUT2D eigenvalue weighted by molar-refractivity contribution is 5.92. The van der Waals surface area contributed by atoms with E-state index in [1.807, 2.05) is 24.3 Å². The molecule has 0 radical (unpaired) electrons. The first-order valence-corrected chi connectivity index (χ1v) is 5.89. The van der Waals surface area contributed by atoms with Gasteiger partial charge in [-0.3, -0.25) is 0 Å². The third-order valence-electron chi connectivity index (χ3n) is 2.61. The molecule has 0 amide bonds. The molecule has 2 aromatic rings. The van der Waals surface area contributed by atoms with Crippen LogP contribution in [-0.4, -0.2) is 30.1 Å². The molecule has 0 unspecified atom stereocenters. The predicted molar refractivity (Wildman–Crippen MR) is 75.9 cm³/mol. The minimum Gasteiger partial charge on any atom is -0.464 e. The normalized spacial score (nSPS) is 10.1. The summed E-state index contributed by atoms with van der Waals surface area (Å²) in [7, 11) is 3.04. The zero-order valence-electron chi connectivity index (χ0n) is 11.2. The maximum Gasteiger partial charge on any atom is 0.360 e. The Balaban J connectivity index is 2.42. The number of carbonyl (C=O) groups excluding carboxylic acids is 1. The maximum atomic E-state index is 11.6. The molecule has 1 aromatic heterocycles. The lowest BCUT2D eigenvalue weighted by Crippen LogP contribution is -2.14. The number of nitrogen functional groups attached to an aromatic ring is 1. The van der Waals surface area contributed by atoms with E-state index in [1.54, 1.807) is 7.05 Å². The Bertz CT molecular complexity index is 630. The SMILES string of the molecule is CNNc1cccc(-c2cnc(N)c(C(=O)OC)n2)c1. The largest absolute Gasteiger partial charge is 0.464 e. The van der Waals surface area contributed by atoms with Crippen molar-refractivity contribution in [2.75, 3.05) is 25.3 Å². The Morgan fingerprint density at radius 1 is 1.40 bits per heavy atom. The third kappa shape index (κ3) is 2.83. The molecule has 0 aliphatic heterocycles. The predicted octanol–water partition coefficient (Wildman–Crippen LogP) is 1.06. The standard InChI is InChI=1S/C13H15N5O2/c1-15-18-9-5-3-4-8(6-9)10-7-16-12(14)11(17-10)13(19)20-2/h3-7,15,18H,1-2H3,(H2,14,16). The molecule has 0 spiro atoms. The van der Waals surface area contributed by atoms with Crippen molar-refractivity contribution in [1.29, 1.82) is 0 Å². The van der Waals surface area contributed by atoms with Crippen molar-refractivity contribution in [3.05, 3.63) is 36.2 Å². The van der Waals surface area contributed by atoms with E-state index in [2.05, 4.69) is 25.6 Å². The van der Waals surface area contributed by atoms with Crippen LogP contribution in [0, 0.1) is 0 Å². The quantitative estimate of drug-likeness (QED) is 0.565. The lowest BCUT2D eigenvalue weighted by molar-refractivity contribution is 0.0595. The van der Waals surface area contributed by atoms with Gasteiger partial charge in [0, 0.05) is 18.3 Å². The van der Waals surface area contributed by atoms with Crippen LogP contribution in [0.2, 0.25) is 0 Å². The maximum absolute atomic E-state index is 11.6. The molecule has 0 atom stereocenters. The van der Waals surface area contributed by atoms with Gasteiger partial charge in [0.05, 0.1) is 19.0 Å². The van der Waals surface area contributed by atoms with E-state index >= 15 is 0 Å². The zero-order chi connectivity index (χ0) is 14.5. The summed E-state index contributed by atoms with van der Waals surface area (Å²) in [6, 6.07) is 7.50. The molecule has 4 N–H and O–H groups in total. The molecule has 1 heterocycles.